The van der Waals surface area contributed by atoms with Crippen molar-refractivity contribution < 1.29 is 19.1 Å². The van der Waals surface area contributed by atoms with Gasteiger partial charge in [0.25, 0.3) is 0 Å². The number of ether oxygens (including phenoxy) is 1. The number of hydrogen-bond donors (Lipinski definition) is 2. The second-order valence-corrected chi connectivity index (χ2v) is 8.15. The average Bonchev–Trinajstić information content (AvgIpc) is 3.18. The number of benzene rings is 1. The van der Waals surface area contributed by atoms with Crippen LogP contribution < -0.4 is 10.6 Å². The van der Waals surface area contributed by atoms with Crippen molar-refractivity contribution in [3.63, 3.8) is 0 Å². The molecule has 1 aliphatic rings. The highest BCUT2D eigenvalue weighted by atomic mass is 35.5. The fourth-order valence-corrected chi connectivity index (χ4v) is 3.90. The van der Waals surface area contributed by atoms with Gasteiger partial charge in [-0.2, -0.15) is 0 Å². The Bertz CT molecular complexity index is 959. The van der Waals surface area contributed by atoms with Crippen LogP contribution in [-0.4, -0.2) is 65.6 Å². The third-order valence-corrected chi connectivity index (χ3v) is 5.96. The number of piperazine rings is 1. The number of amides is 4. The number of anilines is 2. The summed E-state index contributed by atoms with van der Waals surface area (Å²) in [5.41, 5.74) is 2.01. The number of hydrogen-bond acceptors (Lipinski definition) is 6. The SMILES string of the molecule is CCOC(=O)N1CCN(C(=O)Nc2nc(CC(=O)Nc3cccc(Cl)c3C)cs2)CC1. The molecule has 0 radical (unpaired) electrons. The van der Waals surface area contributed by atoms with Gasteiger partial charge in [-0.3, -0.25) is 10.1 Å². The fourth-order valence-electron chi connectivity index (χ4n) is 3.02. The first-order valence-electron chi connectivity index (χ1n) is 9.84. The molecule has 1 saturated heterocycles. The van der Waals surface area contributed by atoms with Crippen molar-refractivity contribution in [3.8, 4) is 0 Å². The lowest BCUT2D eigenvalue weighted by Crippen LogP contribution is -2.51. The molecule has 1 aromatic heterocycles. The van der Waals surface area contributed by atoms with Crippen LogP contribution in [0.25, 0.3) is 0 Å². The van der Waals surface area contributed by atoms with E-state index in [1.165, 1.54) is 11.3 Å². The zero-order valence-electron chi connectivity index (χ0n) is 17.3. The average molecular weight is 466 g/mol. The standard InChI is InChI=1S/C20H24ClN5O4S/c1-3-30-20(29)26-9-7-25(8-10-26)19(28)24-18-22-14(12-31-18)11-17(27)23-16-6-4-5-15(21)13(16)2/h4-6,12H,3,7-11H2,1-2H3,(H,23,27)(H,22,24,28). The molecule has 166 valence electrons. The Morgan fingerprint density at radius 3 is 2.58 bits per heavy atom. The van der Waals surface area contributed by atoms with Crippen molar-refractivity contribution in [2.45, 2.75) is 20.3 Å². The predicted octanol–water partition coefficient (Wildman–Crippen LogP) is 3.59. The highest BCUT2D eigenvalue weighted by Gasteiger charge is 2.25. The third kappa shape index (κ3) is 6.08. The summed E-state index contributed by atoms with van der Waals surface area (Å²) < 4.78 is 4.98. The molecular weight excluding hydrogens is 442 g/mol. The van der Waals surface area contributed by atoms with E-state index in [1.807, 2.05) is 6.92 Å². The maximum absolute atomic E-state index is 12.5. The van der Waals surface area contributed by atoms with Gasteiger partial charge < -0.3 is 19.9 Å². The summed E-state index contributed by atoms with van der Waals surface area (Å²) in [7, 11) is 0. The van der Waals surface area contributed by atoms with Crippen LogP contribution in [0.2, 0.25) is 5.02 Å². The Morgan fingerprint density at radius 2 is 1.87 bits per heavy atom. The molecule has 11 heteroatoms. The van der Waals surface area contributed by atoms with Gasteiger partial charge in [0.15, 0.2) is 5.13 Å². The van der Waals surface area contributed by atoms with Crippen LogP contribution in [0.3, 0.4) is 0 Å². The molecule has 2 aromatic rings. The first-order valence-corrected chi connectivity index (χ1v) is 11.1. The van der Waals surface area contributed by atoms with E-state index in [2.05, 4.69) is 15.6 Å². The molecule has 2 N–H and O–H groups in total. The fraction of sp³-hybridized carbons (Fsp3) is 0.400. The van der Waals surface area contributed by atoms with Gasteiger partial charge in [-0.05, 0) is 31.5 Å². The lowest BCUT2D eigenvalue weighted by molar-refractivity contribution is -0.115. The molecule has 0 atom stereocenters. The highest BCUT2D eigenvalue weighted by Crippen LogP contribution is 2.23. The van der Waals surface area contributed by atoms with Crippen LogP contribution in [0.1, 0.15) is 18.2 Å². The Labute approximate surface area is 189 Å². The molecule has 0 bridgehead atoms. The highest BCUT2D eigenvalue weighted by molar-refractivity contribution is 7.13. The quantitative estimate of drug-likeness (QED) is 0.702. The van der Waals surface area contributed by atoms with Crippen LogP contribution in [0.5, 0.6) is 0 Å². The van der Waals surface area contributed by atoms with E-state index in [0.717, 1.165) is 5.56 Å². The number of thiazole rings is 1. The number of carbonyl (C=O) groups excluding carboxylic acids is 3. The Kier molecular flexibility index (Phi) is 7.69. The molecule has 9 nitrogen and oxygen atoms in total. The predicted molar refractivity (Wildman–Crippen MR) is 120 cm³/mol. The van der Waals surface area contributed by atoms with Crippen molar-refractivity contribution >= 4 is 51.8 Å². The number of carbonyl (C=O) groups is 3. The molecule has 3 rings (SSSR count). The number of rotatable bonds is 5. The summed E-state index contributed by atoms with van der Waals surface area (Å²) in [6, 6.07) is 5.03. The minimum atomic E-state index is -0.363. The van der Waals surface area contributed by atoms with Gasteiger partial charge in [-0.25, -0.2) is 14.6 Å². The molecule has 0 spiro atoms. The van der Waals surface area contributed by atoms with E-state index < -0.39 is 0 Å². The molecule has 1 aromatic carbocycles. The molecule has 4 amide bonds. The van der Waals surface area contributed by atoms with Crippen LogP contribution in [-0.2, 0) is 16.0 Å². The number of halogens is 1. The summed E-state index contributed by atoms with van der Waals surface area (Å²) in [4.78, 5) is 44.1. The Balaban J connectivity index is 1.48. The van der Waals surface area contributed by atoms with Gasteiger partial charge in [-0.1, -0.05) is 17.7 Å². The number of nitrogens with zero attached hydrogens (tertiary/aromatic N) is 3. The zero-order chi connectivity index (χ0) is 22.4. The van der Waals surface area contributed by atoms with Crippen molar-refractivity contribution in [3.05, 3.63) is 39.9 Å². The summed E-state index contributed by atoms with van der Waals surface area (Å²) in [5.74, 6) is -0.219. The monoisotopic (exact) mass is 465 g/mol. The van der Waals surface area contributed by atoms with E-state index in [1.54, 1.807) is 40.3 Å². The molecule has 0 aliphatic carbocycles. The minimum absolute atomic E-state index is 0.0799. The van der Waals surface area contributed by atoms with Crippen molar-refractivity contribution in [2.24, 2.45) is 0 Å². The van der Waals surface area contributed by atoms with E-state index >= 15 is 0 Å². The molecule has 1 fully saturated rings. The van der Waals surface area contributed by atoms with Crippen LogP contribution in [0.4, 0.5) is 20.4 Å². The van der Waals surface area contributed by atoms with Gasteiger partial charge in [0.1, 0.15) is 0 Å². The van der Waals surface area contributed by atoms with Gasteiger partial charge >= 0.3 is 12.1 Å². The number of nitrogens with one attached hydrogen (secondary N) is 2. The summed E-state index contributed by atoms with van der Waals surface area (Å²) in [5, 5.41) is 8.31. The van der Waals surface area contributed by atoms with Crippen LogP contribution in [0, 0.1) is 6.92 Å². The molecular formula is C20H24ClN5O4S. The number of aromatic nitrogens is 1. The van der Waals surface area contributed by atoms with E-state index in [-0.39, 0.29) is 24.5 Å². The third-order valence-electron chi connectivity index (χ3n) is 4.74. The summed E-state index contributed by atoms with van der Waals surface area (Å²) in [6.45, 7) is 5.56. The van der Waals surface area contributed by atoms with Crippen LogP contribution in [0.15, 0.2) is 23.6 Å². The van der Waals surface area contributed by atoms with E-state index in [4.69, 9.17) is 16.3 Å². The first-order chi connectivity index (χ1) is 14.9. The maximum atomic E-state index is 12.5. The van der Waals surface area contributed by atoms with Gasteiger partial charge in [0.05, 0.1) is 18.7 Å². The zero-order valence-corrected chi connectivity index (χ0v) is 18.9. The Hall–Kier alpha value is -2.85. The summed E-state index contributed by atoms with van der Waals surface area (Å²) in [6.07, 6.45) is -0.283. The minimum Gasteiger partial charge on any atom is -0.450 e. The van der Waals surface area contributed by atoms with Crippen molar-refractivity contribution in [1.29, 1.82) is 0 Å². The second kappa shape index (κ2) is 10.5. The Morgan fingerprint density at radius 1 is 1.16 bits per heavy atom. The molecule has 1 aliphatic heterocycles. The molecule has 0 unspecified atom stereocenters. The van der Waals surface area contributed by atoms with E-state index in [0.29, 0.717) is 54.3 Å². The normalized spacial score (nSPS) is 13.6. The molecule has 0 saturated carbocycles. The number of urea groups is 1. The van der Waals surface area contributed by atoms with E-state index in [9.17, 15) is 14.4 Å². The molecule has 2 heterocycles. The maximum Gasteiger partial charge on any atom is 0.409 e. The lowest BCUT2D eigenvalue weighted by atomic mass is 10.2. The lowest BCUT2D eigenvalue weighted by Gasteiger charge is -2.33. The second-order valence-electron chi connectivity index (χ2n) is 6.88. The first kappa shape index (κ1) is 22.8. The van der Waals surface area contributed by atoms with Crippen LogP contribution >= 0.6 is 22.9 Å². The van der Waals surface area contributed by atoms with Gasteiger partial charge in [-0.15, -0.1) is 11.3 Å². The van der Waals surface area contributed by atoms with Gasteiger partial charge in [0, 0.05) is 42.3 Å². The smallest absolute Gasteiger partial charge is 0.409 e. The van der Waals surface area contributed by atoms with Gasteiger partial charge in [0.2, 0.25) is 5.91 Å². The topological polar surface area (TPSA) is 104 Å². The van der Waals surface area contributed by atoms with Crippen molar-refractivity contribution in [2.75, 3.05) is 43.4 Å². The molecule has 31 heavy (non-hydrogen) atoms. The summed E-state index contributed by atoms with van der Waals surface area (Å²) >= 11 is 7.33. The largest absolute Gasteiger partial charge is 0.450 e. The van der Waals surface area contributed by atoms with Crippen molar-refractivity contribution in [1.82, 2.24) is 14.8 Å².